The van der Waals surface area contributed by atoms with E-state index in [0.717, 1.165) is 22.3 Å². The minimum Gasteiger partial charge on any atom is -0.486 e. The van der Waals surface area contributed by atoms with E-state index in [1.165, 1.54) is 0 Å². The minimum atomic E-state index is -0.263. The van der Waals surface area contributed by atoms with Gasteiger partial charge in [0.1, 0.15) is 19.0 Å². The number of amides is 1. The van der Waals surface area contributed by atoms with Gasteiger partial charge in [-0.2, -0.15) is 0 Å². The van der Waals surface area contributed by atoms with Crippen molar-refractivity contribution in [1.82, 2.24) is 9.97 Å². The Morgan fingerprint density at radius 1 is 0.935 bits per heavy atom. The van der Waals surface area contributed by atoms with Crippen LogP contribution in [0.15, 0.2) is 72.9 Å². The Morgan fingerprint density at radius 2 is 1.71 bits per heavy atom. The Hall–Kier alpha value is -4.13. The Labute approximate surface area is 178 Å². The molecule has 4 aromatic rings. The maximum atomic E-state index is 12.2. The molecule has 1 N–H and O–H groups in total. The van der Waals surface area contributed by atoms with Gasteiger partial charge in [0.05, 0.1) is 22.9 Å². The molecule has 2 heterocycles. The molecule has 1 aliphatic heterocycles. The van der Waals surface area contributed by atoms with E-state index in [1.807, 2.05) is 48.5 Å². The summed E-state index contributed by atoms with van der Waals surface area (Å²) in [6.45, 7) is 0.913. The first kappa shape index (κ1) is 18.9. The molecule has 0 fully saturated rings. The van der Waals surface area contributed by atoms with Crippen LogP contribution in [0.3, 0.4) is 0 Å². The number of hydrogen-bond acceptors (Lipinski definition) is 6. The molecule has 7 heteroatoms. The van der Waals surface area contributed by atoms with Crippen LogP contribution in [0.25, 0.3) is 22.3 Å². The van der Waals surface area contributed by atoms with Gasteiger partial charge in [0.15, 0.2) is 18.1 Å². The number of hydrogen-bond donors (Lipinski definition) is 1. The second kappa shape index (κ2) is 8.31. The molecule has 0 saturated heterocycles. The molecular formula is C24H19N3O4. The summed E-state index contributed by atoms with van der Waals surface area (Å²) in [6.07, 6.45) is 1.75. The normalized spacial score (nSPS) is 12.4. The summed E-state index contributed by atoms with van der Waals surface area (Å²) in [4.78, 5) is 21.3. The molecule has 0 spiro atoms. The first-order valence-corrected chi connectivity index (χ1v) is 9.89. The average molecular weight is 413 g/mol. The smallest absolute Gasteiger partial charge is 0.262 e. The predicted molar refractivity (Wildman–Crippen MR) is 117 cm³/mol. The second-order valence-corrected chi connectivity index (χ2v) is 6.96. The van der Waals surface area contributed by atoms with Crippen LogP contribution >= 0.6 is 0 Å². The molecule has 1 aliphatic rings. The monoisotopic (exact) mass is 413 g/mol. The van der Waals surface area contributed by atoms with E-state index in [1.54, 1.807) is 24.4 Å². The summed E-state index contributed by atoms with van der Waals surface area (Å²) in [7, 11) is 0. The molecular weight excluding hydrogens is 394 g/mol. The number of para-hydroxylation sites is 2. The molecule has 0 saturated carbocycles. The molecule has 5 rings (SSSR count). The highest BCUT2D eigenvalue weighted by atomic mass is 16.6. The lowest BCUT2D eigenvalue weighted by molar-refractivity contribution is -0.118. The summed E-state index contributed by atoms with van der Waals surface area (Å²) in [5.41, 5.74) is 4.03. The maximum Gasteiger partial charge on any atom is 0.262 e. The van der Waals surface area contributed by atoms with Crippen molar-refractivity contribution in [1.29, 1.82) is 0 Å². The van der Waals surface area contributed by atoms with Gasteiger partial charge in [-0.1, -0.05) is 12.1 Å². The van der Waals surface area contributed by atoms with Crippen molar-refractivity contribution < 1.29 is 19.0 Å². The molecule has 0 aliphatic carbocycles. The highest BCUT2D eigenvalue weighted by molar-refractivity contribution is 5.92. The van der Waals surface area contributed by atoms with Crippen molar-refractivity contribution in [3.05, 3.63) is 72.9 Å². The molecule has 0 unspecified atom stereocenters. The van der Waals surface area contributed by atoms with E-state index >= 15 is 0 Å². The third-order valence-electron chi connectivity index (χ3n) is 4.79. The molecule has 0 atom stereocenters. The third kappa shape index (κ3) is 4.25. The molecule has 7 nitrogen and oxygen atoms in total. The number of nitrogens with zero attached hydrogens (tertiary/aromatic N) is 2. The molecule has 1 aromatic heterocycles. The highest BCUT2D eigenvalue weighted by Gasteiger charge is 2.13. The average Bonchev–Trinajstić information content (AvgIpc) is 2.83. The molecule has 3 aromatic carbocycles. The van der Waals surface area contributed by atoms with Gasteiger partial charge in [0.25, 0.3) is 5.91 Å². The maximum absolute atomic E-state index is 12.2. The predicted octanol–water partition coefficient (Wildman–Crippen LogP) is 4.09. The lowest BCUT2D eigenvalue weighted by Gasteiger charge is -2.19. The lowest BCUT2D eigenvalue weighted by atomic mass is 10.1. The molecule has 1 amide bonds. The van der Waals surface area contributed by atoms with E-state index in [9.17, 15) is 4.79 Å². The molecule has 31 heavy (non-hydrogen) atoms. The zero-order valence-corrected chi connectivity index (χ0v) is 16.6. The number of carbonyl (C=O) groups is 1. The quantitative estimate of drug-likeness (QED) is 0.531. The molecule has 154 valence electrons. The van der Waals surface area contributed by atoms with Crippen LogP contribution in [-0.2, 0) is 4.79 Å². The number of ether oxygens (including phenoxy) is 3. The summed E-state index contributed by atoms with van der Waals surface area (Å²) in [5, 5.41) is 2.80. The van der Waals surface area contributed by atoms with Gasteiger partial charge in [0, 0.05) is 17.3 Å². The summed E-state index contributed by atoms with van der Waals surface area (Å²) < 4.78 is 16.6. The van der Waals surface area contributed by atoms with Crippen LogP contribution in [0, 0.1) is 0 Å². The van der Waals surface area contributed by atoms with Crippen LogP contribution in [-0.4, -0.2) is 35.7 Å². The fourth-order valence-electron chi connectivity index (χ4n) is 3.29. The standard InChI is InChI=1S/C24H19N3O4/c28-24(26-17-7-10-22-23(13-17)30-12-11-29-22)15-31-18-8-5-16(6-9-18)21-14-25-19-3-1-2-4-20(19)27-21/h1-10,13-14H,11-12,15H2,(H,26,28). The number of anilines is 1. The highest BCUT2D eigenvalue weighted by Crippen LogP contribution is 2.32. The van der Waals surface area contributed by atoms with Gasteiger partial charge in [-0.3, -0.25) is 9.78 Å². The van der Waals surface area contributed by atoms with Crippen molar-refractivity contribution >= 4 is 22.6 Å². The van der Waals surface area contributed by atoms with Gasteiger partial charge in [-0.25, -0.2) is 4.98 Å². The van der Waals surface area contributed by atoms with Gasteiger partial charge in [-0.05, 0) is 48.5 Å². The SMILES string of the molecule is O=C(COc1ccc(-c2cnc3ccccc3n2)cc1)Nc1ccc2c(c1)OCCO2. The zero-order valence-electron chi connectivity index (χ0n) is 16.6. The number of nitrogens with one attached hydrogen (secondary N) is 1. The number of carbonyl (C=O) groups excluding carboxylic acids is 1. The van der Waals surface area contributed by atoms with Gasteiger partial charge in [0.2, 0.25) is 0 Å². The van der Waals surface area contributed by atoms with Crippen LogP contribution in [0.5, 0.6) is 17.2 Å². The second-order valence-electron chi connectivity index (χ2n) is 6.96. The fourth-order valence-corrected chi connectivity index (χ4v) is 3.29. The number of aromatic nitrogens is 2. The van der Waals surface area contributed by atoms with Crippen LogP contribution in [0.2, 0.25) is 0 Å². The molecule has 0 radical (unpaired) electrons. The van der Waals surface area contributed by atoms with E-state index in [0.29, 0.717) is 36.1 Å². The van der Waals surface area contributed by atoms with Crippen molar-refractivity contribution in [3.8, 4) is 28.5 Å². The lowest BCUT2D eigenvalue weighted by Crippen LogP contribution is -2.20. The van der Waals surface area contributed by atoms with Crippen molar-refractivity contribution in [2.75, 3.05) is 25.1 Å². The first-order valence-electron chi connectivity index (χ1n) is 9.89. The van der Waals surface area contributed by atoms with Gasteiger partial charge >= 0.3 is 0 Å². The van der Waals surface area contributed by atoms with E-state index in [-0.39, 0.29) is 12.5 Å². The first-order chi connectivity index (χ1) is 15.2. The van der Waals surface area contributed by atoms with Crippen molar-refractivity contribution in [2.24, 2.45) is 0 Å². The Bertz CT molecular complexity index is 1240. The van der Waals surface area contributed by atoms with Crippen molar-refractivity contribution in [3.63, 3.8) is 0 Å². The van der Waals surface area contributed by atoms with E-state index < -0.39 is 0 Å². The number of benzene rings is 3. The summed E-state index contributed by atoms with van der Waals surface area (Å²) >= 11 is 0. The van der Waals surface area contributed by atoms with Gasteiger partial charge < -0.3 is 19.5 Å². The Kier molecular flexibility index (Phi) is 5.06. The molecule has 0 bridgehead atoms. The third-order valence-corrected chi connectivity index (χ3v) is 4.79. The van der Waals surface area contributed by atoms with Gasteiger partial charge in [-0.15, -0.1) is 0 Å². The largest absolute Gasteiger partial charge is 0.486 e. The van der Waals surface area contributed by atoms with Crippen LogP contribution < -0.4 is 19.5 Å². The van der Waals surface area contributed by atoms with Crippen LogP contribution in [0.4, 0.5) is 5.69 Å². The number of rotatable bonds is 5. The minimum absolute atomic E-state index is 0.108. The summed E-state index contributed by atoms with van der Waals surface area (Å²) in [5.74, 6) is 1.63. The topological polar surface area (TPSA) is 82.6 Å². The van der Waals surface area contributed by atoms with E-state index in [4.69, 9.17) is 14.2 Å². The van der Waals surface area contributed by atoms with E-state index in [2.05, 4.69) is 15.3 Å². The Morgan fingerprint density at radius 3 is 2.55 bits per heavy atom. The zero-order chi connectivity index (χ0) is 21.0. The van der Waals surface area contributed by atoms with Crippen LogP contribution in [0.1, 0.15) is 0 Å². The Balaban J connectivity index is 1.20. The fraction of sp³-hybridized carbons (Fsp3) is 0.125. The number of fused-ring (bicyclic) bond motifs is 2. The van der Waals surface area contributed by atoms with Crippen molar-refractivity contribution in [2.45, 2.75) is 0 Å². The summed E-state index contributed by atoms with van der Waals surface area (Å²) in [6, 6.07) is 20.4.